The fourth-order valence-corrected chi connectivity index (χ4v) is 5.40. The van der Waals surface area contributed by atoms with Gasteiger partial charge in [0.15, 0.2) is 0 Å². The molecule has 9 heteroatoms. The van der Waals surface area contributed by atoms with Gasteiger partial charge in [-0.15, -0.1) is 11.3 Å². The first-order chi connectivity index (χ1) is 10.3. The zero-order valence-electron chi connectivity index (χ0n) is 10.4. The van der Waals surface area contributed by atoms with E-state index in [-0.39, 0.29) is 16.0 Å². The van der Waals surface area contributed by atoms with Gasteiger partial charge in [-0.2, -0.15) is 0 Å². The van der Waals surface area contributed by atoms with Gasteiger partial charge in [0.25, 0.3) is 5.56 Å². The Kier molecular flexibility index (Phi) is 4.45. The number of hydrogen-bond acceptors (Lipinski definition) is 4. The number of phenolic OH excluding ortho intramolecular Hbond substituents is 1. The number of aromatic amines is 1. The third-order valence-corrected chi connectivity index (χ3v) is 6.76. The van der Waals surface area contributed by atoms with Crippen LogP contribution in [-0.2, 0) is 0 Å². The lowest BCUT2D eigenvalue weighted by atomic mass is 10.1. The van der Waals surface area contributed by atoms with Crippen molar-refractivity contribution in [1.82, 2.24) is 4.98 Å². The van der Waals surface area contributed by atoms with Crippen molar-refractivity contribution < 1.29 is 10.2 Å². The molecule has 0 atom stereocenters. The largest absolute Gasteiger partial charge is 0.506 e. The van der Waals surface area contributed by atoms with Crippen LogP contribution in [0.2, 0.25) is 0 Å². The number of thiophene rings is 1. The Morgan fingerprint density at radius 3 is 2.18 bits per heavy atom. The van der Waals surface area contributed by atoms with Crippen molar-refractivity contribution in [2.45, 2.75) is 0 Å². The summed E-state index contributed by atoms with van der Waals surface area (Å²) in [6.45, 7) is 0. The number of rotatable bonds is 1. The van der Waals surface area contributed by atoms with Crippen molar-refractivity contribution >= 4 is 85.3 Å². The summed E-state index contributed by atoms with van der Waals surface area (Å²) in [5, 5.41) is 20.7. The Morgan fingerprint density at radius 2 is 1.59 bits per heavy atom. The molecule has 3 N–H and O–H groups in total. The molecule has 2 heterocycles. The second-order valence-electron chi connectivity index (χ2n) is 4.36. The van der Waals surface area contributed by atoms with E-state index in [1.165, 1.54) is 11.3 Å². The number of pyridine rings is 1. The van der Waals surface area contributed by atoms with E-state index in [0.29, 0.717) is 19.2 Å². The first-order valence-electron chi connectivity index (χ1n) is 5.72. The van der Waals surface area contributed by atoms with Gasteiger partial charge in [-0.25, -0.2) is 0 Å². The van der Waals surface area contributed by atoms with Crippen LogP contribution in [-0.4, -0.2) is 15.2 Å². The normalized spacial score (nSPS) is 11.3. The molecule has 0 aliphatic rings. The van der Waals surface area contributed by atoms with Crippen LogP contribution in [0.15, 0.2) is 34.1 Å². The molecule has 0 bridgehead atoms. The molecule has 1 aromatic carbocycles. The van der Waals surface area contributed by atoms with Gasteiger partial charge < -0.3 is 15.2 Å². The number of aromatic nitrogens is 1. The molecule has 0 saturated heterocycles. The van der Waals surface area contributed by atoms with E-state index in [9.17, 15) is 15.0 Å². The number of fused-ring (bicyclic) bond motifs is 1. The smallest absolute Gasteiger partial charge is 0.267 e. The van der Waals surface area contributed by atoms with Gasteiger partial charge in [0.2, 0.25) is 0 Å². The van der Waals surface area contributed by atoms with Crippen molar-refractivity contribution in [3.8, 4) is 22.6 Å². The average molecular weight is 575 g/mol. The summed E-state index contributed by atoms with van der Waals surface area (Å²) in [5.41, 5.74) is 1.11. The lowest BCUT2D eigenvalue weighted by Crippen LogP contribution is -2.05. The predicted octanol–water partition coefficient (Wildman–Crippen LogP) is 5.72. The first kappa shape index (κ1) is 16.5. The Labute approximate surface area is 161 Å². The van der Waals surface area contributed by atoms with Gasteiger partial charge in [-0.05, 0) is 81.4 Å². The summed E-state index contributed by atoms with van der Waals surface area (Å²) < 4.78 is 1.89. The second-order valence-corrected chi connectivity index (χ2v) is 9.20. The average Bonchev–Trinajstić information content (AvgIpc) is 2.78. The van der Waals surface area contributed by atoms with Gasteiger partial charge in [-0.1, -0.05) is 0 Å². The van der Waals surface area contributed by atoms with Crippen LogP contribution in [0, 0.1) is 0 Å². The van der Waals surface area contributed by atoms with Crippen LogP contribution in [0.3, 0.4) is 0 Å². The molecule has 0 amide bonds. The van der Waals surface area contributed by atoms with E-state index in [4.69, 9.17) is 0 Å². The molecule has 0 aliphatic heterocycles. The molecular formula is C13H5Br4NO3S. The Balaban J connectivity index is 2.44. The van der Waals surface area contributed by atoms with E-state index >= 15 is 0 Å². The van der Waals surface area contributed by atoms with E-state index in [2.05, 4.69) is 68.7 Å². The number of benzene rings is 1. The van der Waals surface area contributed by atoms with Crippen LogP contribution >= 0.6 is 75.1 Å². The fraction of sp³-hybridized carbons (Fsp3) is 0. The predicted molar refractivity (Wildman–Crippen MR) is 102 cm³/mol. The van der Waals surface area contributed by atoms with Crippen molar-refractivity contribution in [1.29, 1.82) is 0 Å². The molecule has 0 spiro atoms. The van der Waals surface area contributed by atoms with Crippen LogP contribution in [0.25, 0.3) is 21.3 Å². The van der Waals surface area contributed by atoms with Gasteiger partial charge in [-0.3, -0.25) is 4.79 Å². The van der Waals surface area contributed by atoms with Crippen LogP contribution in [0.1, 0.15) is 0 Å². The van der Waals surface area contributed by atoms with Gasteiger partial charge >= 0.3 is 0 Å². The molecule has 2 aromatic heterocycles. The van der Waals surface area contributed by atoms with E-state index in [0.717, 1.165) is 14.9 Å². The summed E-state index contributed by atoms with van der Waals surface area (Å²) in [6, 6.07) is 3.48. The van der Waals surface area contributed by atoms with E-state index in [1.54, 1.807) is 12.1 Å². The molecule has 0 fully saturated rings. The molecule has 114 valence electrons. The highest BCUT2D eigenvalue weighted by molar-refractivity contribution is 9.11. The summed E-state index contributed by atoms with van der Waals surface area (Å²) in [6.07, 6.45) is 0. The van der Waals surface area contributed by atoms with Crippen molar-refractivity contribution in [3.63, 3.8) is 0 Å². The second kappa shape index (κ2) is 5.94. The minimum absolute atomic E-state index is 0.0865. The lowest BCUT2D eigenvalue weighted by Gasteiger charge is -2.07. The number of phenols is 1. The van der Waals surface area contributed by atoms with Gasteiger partial charge in [0.05, 0.1) is 18.1 Å². The Bertz CT molecular complexity index is 957. The molecule has 3 aromatic rings. The SMILES string of the molecule is O=c1[nH]c2sc(Br)c(-c3cc(Br)c(O)c(Br)c3)c2c(O)c1Br. The zero-order chi connectivity index (χ0) is 16.2. The van der Waals surface area contributed by atoms with Crippen molar-refractivity contribution in [2.75, 3.05) is 0 Å². The number of aromatic hydroxyl groups is 2. The van der Waals surface area contributed by atoms with E-state index < -0.39 is 5.56 Å². The van der Waals surface area contributed by atoms with Gasteiger partial charge in [0, 0.05) is 5.56 Å². The van der Waals surface area contributed by atoms with Crippen molar-refractivity contribution in [3.05, 3.63) is 39.7 Å². The summed E-state index contributed by atoms with van der Waals surface area (Å²) >= 11 is 14.5. The summed E-state index contributed by atoms with van der Waals surface area (Å²) in [7, 11) is 0. The summed E-state index contributed by atoms with van der Waals surface area (Å²) in [5.74, 6) is -0.0192. The highest BCUT2D eigenvalue weighted by atomic mass is 79.9. The standard InChI is InChI=1S/C13H5Br4NO3S/c14-4-1-3(2-5(15)9(4)19)6-7-10(20)8(16)12(21)18-13(7)22-11(6)17/h1-2,19H,(H2,18,20,21). The van der Waals surface area contributed by atoms with Gasteiger partial charge in [0.1, 0.15) is 20.8 Å². The number of halogens is 4. The monoisotopic (exact) mass is 571 g/mol. The third kappa shape index (κ3) is 2.56. The van der Waals surface area contributed by atoms with Crippen LogP contribution in [0.5, 0.6) is 11.5 Å². The molecule has 22 heavy (non-hydrogen) atoms. The van der Waals surface area contributed by atoms with Crippen LogP contribution < -0.4 is 5.56 Å². The minimum atomic E-state index is -0.390. The first-order valence-corrected chi connectivity index (χ1v) is 9.71. The topological polar surface area (TPSA) is 73.3 Å². The molecule has 0 radical (unpaired) electrons. The molecule has 0 unspecified atom stereocenters. The Hall–Kier alpha value is -0.350. The quantitative estimate of drug-likeness (QED) is 0.348. The number of H-pyrrole nitrogens is 1. The highest BCUT2D eigenvalue weighted by Crippen LogP contribution is 2.48. The van der Waals surface area contributed by atoms with Crippen molar-refractivity contribution in [2.24, 2.45) is 0 Å². The maximum Gasteiger partial charge on any atom is 0.267 e. The fourth-order valence-electron chi connectivity index (χ4n) is 2.06. The molecule has 4 nitrogen and oxygen atoms in total. The maximum absolute atomic E-state index is 11.7. The Morgan fingerprint density at radius 1 is 1.00 bits per heavy atom. The zero-order valence-corrected chi connectivity index (χ0v) is 17.5. The lowest BCUT2D eigenvalue weighted by molar-refractivity contribution is 0.468. The minimum Gasteiger partial charge on any atom is -0.506 e. The molecule has 0 aliphatic carbocycles. The molecule has 3 rings (SSSR count). The number of nitrogens with one attached hydrogen (secondary N) is 1. The molecular weight excluding hydrogens is 570 g/mol. The maximum atomic E-state index is 11.7. The van der Waals surface area contributed by atoms with E-state index in [1.807, 2.05) is 0 Å². The highest BCUT2D eigenvalue weighted by Gasteiger charge is 2.21. The molecule has 0 saturated carbocycles. The summed E-state index contributed by atoms with van der Waals surface area (Å²) in [4.78, 5) is 15.0. The van der Waals surface area contributed by atoms with Crippen LogP contribution in [0.4, 0.5) is 0 Å². The number of hydrogen-bond donors (Lipinski definition) is 3. The third-order valence-electron chi connectivity index (χ3n) is 3.04.